The van der Waals surface area contributed by atoms with E-state index in [2.05, 4.69) is 0 Å². The second-order valence-electron chi connectivity index (χ2n) is 8.07. The zero-order chi connectivity index (χ0) is 20.6. The third-order valence-corrected chi connectivity index (χ3v) is 6.63. The molecule has 1 aliphatic carbocycles. The van der Waals surface area contributed by atoms with Gasteiger partial charge in [0.05, 0.1) is 13.2 Å². The van der Waals surface area contributed by atoms with Crippen molar-refractivity contribution in [2.24, 2.45) is 11.8 Å². The molecule has 1 saturated carbocycles. The van der Waals surface area contributed by atoms with E-state index in [0.717, 1.165) is 24.5 Å². The van der Waals surface area contributed by atoms with Gasteiger partial charge in [-0.3, -0.25) is 4.79 Å². The zero-order valence-electron chi connectivity index (χ0n) is 16.2. The van der Waals surface area contributed by atoms with Gasteiger partial charge in [-0.05, 0) is 49.1 Å². The predicted molar refractivity (Wildman–Crippen MR) is 106 cm³/mol. The summed E-state index contributed by atoms with van der Waals surface area (Å²) in [4.78, 5) is 11.4. The normalized spacial score (nSPS) is 25.5. The molecule has 1 fully saturated rings. The number of carbonyl (C=O) groups excluding carboxylic acids is 1. The number of carbonyl (C=O) groups is 1. The summed E-state index contributed by atoms with van der Waals surface area (Å²) in [7, 11) is 0. The Balaban J connectivity index is 1.81. The average Bonchev–Trinajstić information content (AvgIpc) is 2.70. The number of hydrogen-bond donors (Lipinski definition) is 0. The smallest absolute Gasteiger partial charge is 0.302 e. The van der Waals surface area contributed by atoms with Gasteiger partial charge in [0.2, 0.25) is 0 Å². The quantitative estimate of drug-likeness (QED) is 0.615. The van der Waals surface area contributed by atoms with E-state index in [9.17, 15) is 9.18 Å². The van der Waals surface area contributed by atoms with Crippen molar-refractivity contribution in [3.8, 4) is 5.75 Å². The molecule has 1 heterocycles. The molecule has 1 unspecified atom stereocenters. The molecule has 0 saturated heterocycles. The van der Waals surface area contributed by atoms with E-state index in [1.54, 1.807) is 0 Å². The maximum absolute atomic E-state index is 15.1. The van der Waals surface area contributed by atoms with Crippen LogP contribution in [0.5, 0.6) is 5.75 Å². The molecule has 4 rings (SSSR count). The van der Waals surface area contributed by atoms with E-state index in [0.29, 0.717) is 23.4 Å². The highest BCUT2D eigenvalue weighted by Crippen LogP contribution is 2.55. The molecule has 2 aromatic carbocycles. The number of benzene rings is 2. The number of hydrogen-bond acceptors (Lipinski definition) is 3. The van der Waals surface area contributed by atoms with E-state index in [1.165, 1.54) is 13.0 Å². The number of esters is 1. The molecule has 6 heteroatoms. The highest BCUT2D eigenvalue weighted by Gasteiger charge is 2.52. The van der Waals surface area contributed by atoms with Crippen LogP contribution in [0.15, 0.2) is 36.4 Å². The van der Waals surface area contributed by atoms with Gasteiger partial charge in [-0.1, -0.05) is 30.2 Å². The van der Waals surface area contributed by atoms with Crippen molar-refractivity contribution in [1.29, 1.82) is 0 Å². The van der Waals surface area contributed by atoms with E-state index in [-0.39, 0.29) is 36.8 Å². The molecule has 0 N–H and O–H groups in total. The van der Waals surface area contributed by atoms with Gasteiger partial charge >= 0.3 is 5.97 Å². The van der Waals surface area contributed by atoms with Crippen molar-refractivity contribution in [3.63, 3.8) is 0 Å². The lowest BCUT2D eigenvalue weighted by Gasteiger charge is -2.51. The Morgan fingerprint density at radius 3 is 2.66 bits per heavy atom. The van der Waals surface area contributed by atoms with E-state index >= 15 is 4.39 Å². The fraction of sp³-hybridized carbons (Fsp3) is 0.435. The molecule has 154 valence electrons. The molecule has 0 amide bonds. The summed E-state index contributed by atoms with van der Waals surface area (Å²) in [6.45, 7) is 1.91. The molecule has 3 nitrogen and oxygen atoms in total. The first-order valence-corrected chi connectivity index (χ1v) is 10.3. The van der Waals surface area contributed by atoms with Crippen LogP contribution in [0.4, 0.5) is 8.78 Å². The summed E-state index contributed by atoms with van der Waals surface area (Å²) in [6.07, 6.45) is 2.96. The van der Waals surface area contributed by atoms with Crippen LogP contribution < -0.4 is 4.74 Å². The molecular formula is C23H23ClF2O3. The molecule has 3 atom stereocenters. The van der Waals surface area contributed by atoms with Crippen molar-refractivity contribution in [3.05, 3.63) is 64.2 Å². The van der Waals surface area contributed by atoms with Crippen LogP contribution in [0.25, 0.3) is 0 Å². The van der Waals surface area contributed by atoms with Gasteiger partial charge in [0.15, 0.2) is 11.6 Å². The first kappa shape index (κ1) is 20.1. The first-order valence-electron chi connectivity index (χ1n) is 9.90. The molecule has 2 aliphatic rings. The van der Waals surface area contributed by atoms with Crippen molar-refractivity contribution in [1.82, 2.24) is 0 Å². The third-order valence-electron chi connectivity index (χ3n) is 6.37. The maximum atomic E-state index is 15.1. The molecule has 0 spiro atoms. The minimum absolute atomic E-state index is 0.0170. The van der Waals surface area contributed by atoms with Crippen molar-refractivity contribution < 1.29 is 23.0 Å². The molecule has 1 aliphatic heterocycles. The van der Waals surface area contributed by atoms with Crippen molar-refractivity contribution in [2.75, 3.05) is 13.2 Å². The molecule has 2 aromatic rings. The van der Waals surface area contributed by atoms with Crippen LogP contribution in [-0.4, -0.2) is 19.2 Å². The number of halogens is 3. The number of ether oxygens (including phenoxy) is 2. The van der Waals surface area contributed by atoms with Crippen LogP contribution in [0.3, 0.4) is 0 Å². The van der Waals surface area contributed by atoms with Gasteiger partial charge < -0.3 is 9.47 Å². The lowest BCUT2D eigenvalue weighted by molar-refractivity contribution is -0.144. The van der Waals surface area contributed by atoms with E-state index in [1.807, 2.05) is 24.3 Å². The van der Waals surface area contributed by atoms with E-state index in [4.69, 9.17) is 21.1 Å². The Bertz CT molecular complexity index is 915. The molecule has 0 radical (unpaired) electrons. The summed E-state index contributed by atoms with van der Waals surface area (Å²) >= 11 is 6.03. The zero-order valence-corrected chi connectivity index (χ0v) is 17.0. The fourth-order valence-electron chi connectivity index (χ4n) is 5.13. The summed E-state index contributed by atoms with van der Waals surface area (Å²) in [5, 5.41) is 0.629. The fourth-order valence-corrected chi connectivity index (χ4v) is 5.26. The second-order valence-corrected chi connectivity index (χ2v) is 8.50. The minimum Gasteiger partial charge on any atom is -0.490 e. The van der Waals surface area contributed by atoms with Crippen LogP contribution in [0, 0.1) is 23.5 Å². The lowest BCUT2D eigenvalue weighted by atomic mass is 9.55. The number of rotatable bonds is 4. The van der Waals surface area contributed by atoms with Crippen LogP contribution in [0.1, 0.15) is 37.3 Å². The van der Waals surface area contributed by atoms with Crippen molar-refractivity contribution in [2.45, 2.75) is 38.0 Å². The SMILES string of the molecule is CC(=O)OC[C@@H]1CCC[C@@]2(Cc3ccc(Cl)cc3)c3c(F)ccc(F)c3OCC12. The average molecular weight is 421 g/mol. The Morgan fingerprint density at radius 2 is 1.93 bits per heavy atom. The van der Waals surface area contributed by atoms with Gasteiger partial charge in [-0.15, -0.1) is 0 Å². The highest BCUT2D eigenvalue weighted by atomic mass is 35.5. The summed E-state index contributed by atoms with van der Waals surface area (Å²) in [5.74, 6) is -1.38. The first-order chi connectivity index (χ1) is 13.9. The Morgan fingerprint density at radius 1 is 1.21 bits per heavy atom. The lowest BCUT2D eigenvalue weighted by Crippen LogP contribution is -2.51. The molecule has 29 heavy (non-hydrogen) atoms. The van der Waals surface area contributed by atoms with Crippen LogP contribution in [-0.2, 0) is 21.4 Å². The van der Waals surface area contributed by atoms with Gasteiger partial charge in [0.25, 0.3) is 0 Å². The Labute approximate surface area is 174 Å². The monoisotopic (exact) mass is 420 g/mol. The minimum atomic E-state index is -0.628. The summed E-state index contributed by atoms with van der Waals surface area (Å²) < 4.78 is 40.7. The van der Waals surface area contributed by atoms with Gasteiger partial charge in [-0.25, -0.2) is 8.78 Å². The second kappa shape index (κ2) is 7.94. The summed E-state index contributed by atoms with van der Waals surface area (Å²) in [6, 6.07) is 9.77. The predicted octanol–water partition coefficient (Wildman–Crippen LogP) is 5.47. The number of fused-ring (bicyclic) bond motifs is 3. The van der Waals surface area contributed by atoms with Gasteiger partial charge in [0, 0.05) is 34.8 Å². The maximum Gasteiger partial charge on any atom is 0.302 e. The molecule has 0 bridgehead atoms. The standard InChI is InChI=1S/C23H23ClF2O3/c1-14(27)28-12-16-3-2-10-23(11-15-4-6-17(24)7-5-15)18(16)13-29-22-20(26)9-8-19(25)21(22)23/h4-9,16,18H,2-3,10-13H2,1H3/t16-,18?,23-/m0/s1. The largest absolute Gasteiger partial charge is 0.490 e. The Hall–Kier alpha value is -2.14. The van der Waals surface area contributed by atoms with Gasteiger partial charge in [0.1, 0.15) is 5.82 Å². The van der Waals surface area contributed by atoms with E-state index < -0.39 is 17.0 Å². The summed E-state index contributed by atoms with van der Waals surface area (Å²) in [5.41, 5.74) is 0.691. The molecular weight excluding hydrogens is 398 g/mol. The van der Waals surface area contributed by atoms with Crippen LogP contribution >= 0.6 is 11.6 Å². The molecule has 0 aromatic heterocycles. The van der Waals surface area contributed by atoms with Crippen LogP contribution in [0.2, 0.25) is 5.02 Å². The van der Waals surface area contributed by atoms with Crippen molar-refractivity contribution >= 4 is 17.6 Å². The topological polar surface area (TPSA) is 35.5 Å². The van der Waals surface area contributed by atoms with Gasteiger partial charge in [-0.2, -0.15) is 0 Å². The highest BCUT2D eigenvalue weighted by molar-refractivity contribution is 6.30. The third kappa shape index (κ3) is 3.73. The Kier molecular flexibility index (Phi) is 5.52.